The highest BCUT2D eigenvalue weighted by atomic mass is 19.1. The predicted octanol–water partition coefficient (Wildman–Crippen LogP) is 3.97. The van der Waals surface area contributed by atoms with Gasteiger partial charge in [-0.15, -0.1) is 0 Å². The monoisotopic (exact) mass is 286 g/mol. The van der Waals surface area contributed by atoms with Crippen molar-refractivity contribution in [3.63, 3.8) is 0 Å². The lowest BCUT2D eigenvalue weighted by Gasteiger charge is -2.33. The molecule has 2 aromatic carbocycles. The molecule has 0 radical (unpaired) electrons. The molecule has 0 aliphatic carbocycles. The summed E-state index contributed by atoms with van der Waals surface area (Å²) in [4.78, 5) is 2.16. The maximum atomic E-state index is 13.5. The third-order valence-corrected chi connectivity index (χ3v) is 3.87. The van der Waals surface area contributed by atoms with Crippen LogP contribution in [-0.4, -0.2) is 13.1 Å². The number of halogens is 1. The molecule has 0 spiro atoms. The zero-order valence-corrected chi connectivity index (χ0v) is 12.9. The molecule has 2 nitrogen and oxygen atoms in total. The van der Waals surface area contributed by atoms with Crippen LogP contribution in [0.15, 0.2) is 42.5 Å². The number of nitrogens with two attached hydrogens (primary N) is 1. The highest BCUT2D eigenvalue weighted by Crippen LogP contribution is 2.29. The lowest BCUT2D eigenvalue weighted by Crippen LogP contribution is -2.34. The van der Waals surface area contributed by atoms with Gasteiger partial charge in [0.1, 0.15) is 5.82 Å². The molecule has 2 N–H and O–H groups in total. The van der Waals surface area contributed by atoms with Gasteiger partial charge in [0.05, 0.1) is 6.04 Å². The molecule has 0 fully saturated rings. The van der Waals surface area contributed by atoms with Crippen molar-refractivity contribution in [3.05, 3.63) is 65.0 Å². The van der Waals surface area contributed by atoms with Crippen molar-refractivity contribution in [3.8, 4) is 0 Å². The van der Waals surface area contributed by atoms with Crippen LogP contribution in [0.2, 0.25) is 0 Å². The van der Waals surface area contributed by atoms with Gasteiger partial charge in [-0.3, -0.25) is 0 Å². The second-order valence-electron chi connectivity index (χ2n) is 5.38. The van der Waals surface area contributed by atoms with Crippen LogP contribution >= 0.6 is 0 Å². The molecule has 1 atom stereocenters. The van der Waals surface area contributed by atoms with Crippen molar-refractivity contribution >= 4 is 5.69 Å². The highest BCUT2D eigenvalue weighted by molar-refractivity contribution is 5.50. The minimum Gasteiger partial charge on any atom is -0.363 e. The fourth-order valence-corrected chi connectivity index (χ4v) is 2.78. The number of hydrogen-bond acceptors (Lipinski definition) is 2. The Balaban J connectivity index is 2.44. The molecule has 21 heavy (non-hydrogen) atoms. The Hall–Kier alpha value is -1.87. The average Bonchev–Trinajstić information content (AvgIpc) is 2.47. The SMILES string of the molecule is CCN(c1cccc(F)c1)C(CN)c1cc(C)ccc1C. The summed E-state index contributed by atoms with van der Waals surface area (Å²) in [6, 6.07) is 13.2. The summed E-state index contributed by atoms with van der Waals surface area (Å²) < 4.78 is 13.5. The Labute approximate surface area is 126 Å². The van der Waals surface area contributed by atoms with Crippen LogP contribution in [0.4, 0.5) is 10.1 Å². The van der Waals surface area contributed by atoms with E-state index in [1.165, 1.54) is 22.8 Å². The van der Waals surface area contributed by atoms with Gasteiger partial charge in [0.25, 0.3) is 0 Å². The second kappa shape index (κ2) is 6.72. The zero-order chi connectivity index (χ0) is 15.4. The zero-order valence-electron chi connectivity index (χ0n) is 12.9. The van der Waals surface area contributed by atoms with Gasteiger partial charge in [0.15, 0.2) is 0 Å². The first-order valence-electron chi connectivity index (χ1n) is 7.36. The van der Waals surface area contributed by atoms with Crippen LogP contribution in [0.1, 0.15) is 29.7 Å². The normalized spacial score (nSPS) is 12.2. The lowest BCUT2D eigenvalue weighted by molar-refractivity contribution is 0.615. The van der Waals surface area contributed by atoms with E-state index in [1.807, 2.05) is 6.07 Å². The quantitative estimate of drug-likeness (QED) is 0.901. The summed E-state index contributed by atoms with van der Waals surface area (Å²) in [7, 11) is 0. The van der Waals surface area contributed by atoms with E-state index in [1.54, 1.807) is 12.1 Å². The van der Waals surface area contributed by atoms with Crippen LogP contribution in [0.25, 0.3) is 0 Å². The van der Waals surface area contributed by atoms with Gasteiger partial charge in [-0.05, 0) is 50.1 Å². The van der Waals surface area contributed by atoms with Gasteiger partial charge in [-0.1, -0.05) is 29.8 Å². The number of rotatable bonds is 5. The van der Waals surface area contributed by atoms with Crippen LogP contribution in [0, 0.1) is 19.7 Å². The first-order chi connectivity index (χ1) is 10.1. The fraction of sp³-hybridized carbons (Fsp3) is 0.333. The third kappa shape index (κ3) is 3.42. The predicted molar refractivity (Wildman–Crippen MR) is 87.1 cm³/mol. The van der Waals surface area contributed by atoms with Gasteiger partial charge in [-0.25, -0.2) is 4.39 Å². The molecule has 0 heterocycles. The Morgan fingerprint density at radius 3 is 2.52 bits per heavy atom. The van der Waals surface area contributed by atoms with Crippen molar-refractivity contribution < 1.29 is 4.39 Å². The minimum atomic E-state index is -0.220. The van der Waals surface area contributed by atoms with E-state index < -0.39 is 0 Å². The second-order valence-corrected chi connectivity index (χ2v) is 5.38. The van der Waals surface area contributed by atoms with Crippen LogP contribution in [0.5, 0.6) is 0 Å². The van der Waals surface area contributed by atoms with Gasteiger partial charge >= 0.3 is 0 Å². The summed E-state index contributed by atoms with van der Waals surface area (Å²) in [5.41, 5.74) is 10.5. The Morgan fingerprint density at radius 2 is 1.90 bits per heavy atom. The number of aryl methyl sites for hydroxylation is 2. The molecule has 0 saturated heterocycles. The fourth-order valence-electron chi connectivity index (χ4n) is 2.78. The first kappa shape index (κ1) is 15.5. The van der Waals surface area contributed by atoms with E-state index in [0.717, 1.165) is 12.2 Å². The standard InChI is InChI=1S/C18H23FN2/c1-4-21(16-7-5-6-15(19)11-16)18(12-20)17-10-13(2)8-9-14(17)3/h5-11,18H,4,12,20H2,1-3H3. The smallest absolute Gasteiger partial charge is 0.125 e. The molecular weight excluding hydrogens is 263 g/mol. The van der Waals surface area contributed by atoms with Crippen LogP contribution in [-0.2, 0) is 0 Å². The summed E-state index contributed by atoms with van der Waals surface area (Å²) in [6.07, 6.45) is 0. The van der Waals surface area contributed by atoms with Gasteiger partial charge < -0.3 is 10.6 Å². The number of benzene rings is 2. The van der Waals surface area contributed by atoms with Crippen molar-refractivity contribution in [1.82, 2.24) is 0 Å². The van der Waals surface area contributed by atoms with Gasteiger partial charge in [0.2, 0.25) is 0 Å². The number of hydrogen-bond donors (Lipinski definition) is 1. The molecule has 112 valence electrons. The molecule has 0 aliphatic rings. The first-order valence-corrected chi connectivity index (χ1v) is 7.36. The third-order valence-electron chi connectivity index (χ3n) is 3.87. The number of anilines is 1. The molecule has 0 aliphatic heterocycles. The topological polar surface area (TPSA) is 29.3 Å². The van der Waals surface area contributed by atoms with Crippen molar-refractivity contribution in [2.24, 2.45) is 5.73 Å². The molecule has 0 bridgehead atoms. The summed E-state index contributed by atoms with van der Waals surface area (Å²) >= 11 is 0. The Morgan fingerprint density at radius 1 is 1.14 bits per heavy atom. The Kier molecular flexibility index (Phi) is 4.97. The van der Waals surface area contributed by atoms with E-state index in [-0.39, 0.29) is 11.9 Å². The van der Waals surface area contributed by atoms with Crippen LogP contribution in [0.3, 0.4) is 0 Å². The molecule has 2 aromatic rings. The average molecular weight is 286 g/mol. The van der Waals surface area contributed by atoms with Crippen molar-refractivity contribution in [1.29, 1.82) is 0 Å². The van der Waals surface area contributed by atoms with Crippen molar-refractivity contribution in [2.75, 3.05) is 18.0 Å². The molecule has 3 heteroatoms. The van der Waals surface area contributed by atoms with Gasteiger partial charge in [0, 0.05) is 18.8 Å². The number of likely N-dealkylation sites (N-methyl/N-ethyl adjacent to an activating group) is 1. The molecule has 2 rings (SSSR count). The Bertz CT molecular complexity index is 610. The van der Waals surface area contributed by atoms with Crippen LogP contribution < -0.4 is 10.6 Å². The summed E-state index contributed by atoms with van der Waals surface area (Å²) in [5, 5.41) is 0. The van der Waals surface area contributed by atoms with E-state index in [4.69, 9.17) is 5.73 Å². The molecule has 1 unspecified atom stereocenters. The summed E-state index contributed by atoms with van der Waals surface area (Å²) in [6.45, 7) is 7.51. The summed E-state index contributed by atoms with van der Waals surface area (Å²) in [5.74, 6) is -0.220. The molecular formula is C18H23FN2. The molecule has 0 saturated carbocycles. The van der Waals surface area contributed by atoms with Gasteiger partial charge in [-0.2, -0.15) is 0 Å². The largest absolute Gasteiger partial charge is 0.363 e. The van der Waals surface area contributed by atoms with E-state index in [0.29, 0.717) is 6.54 Å². The minimum absolute atomic E-state index is 0.0525. The lowest BCUT2D eigenvalue weighted by atomic mass is 9.97. The molecule has 0 amide bonds. The number of nitrogens with zero attached hydrogens (tertiary/aromatic N) is 1. The highest BCUT2D eigenvalue weighted by Gasteiger charge is 2.20. The maximum absolute atomic E-state index is 13.5. The molecule has 0 aromatic heterocycles. The van der Waals surface area contributed by atoms with Crippen molar-refractivity contribution in [2.45, 2.75) is 26.8 Å². The van der Waals surface area contributed by atoms with E-state index in [2.05, 4.69) is 43.9 Å². The van der Waals surface area contributed by atoms with E-state index >= 15 is 0 Å². The van der Waals surface area contributed by atoms with E-state index in [9.17, 15) is 4.39 Å². The maximum Gasteiger partial charge on any atom is 0.125 e.